The molecule has 0 spiro atoms. The fraction of sp³-hybridized carbons (Fsp3) is 0.0426. The van der Waals surface area contributed by atoms with Crippen molar-refractivity contribution >= 4 is 74.3 Å². The molecule has 0 fully saturated rings. The van der Waals surface area contributed by atoms with Crippen LogP contribution >= 0.6 is 42.4 Å². The summed E-state index contributed by atoms with van der Waals surface area (Å²) in [5, 5.41) is 8.39. The van der Waals surface area contributed by atoms with Crippen molar-refractivity contribution in [2.24, 2.45) is 0 Å². The van der Waals surface area contributed by atoms with Crippen LogP contribution < -0.4 is 36.6 Å². The predicted octanol–water partition coefficient (Wildman–Crippen LogP) is 10.6. The van der Waals surface area contributed by atoms with Gasteiger partial charge in [0.2, 0.25) is 0 Å². The Balaban J connectivity index is 0.000000212. The van der Waals surface area contributed by atoms with E-state index in [0.717, 1.165) is 11.3 Å². The number of methoxy groups -OCH3 is 1. The summed E-state index contributed by atoms with van der Waals surface area (Å²) in [6.07, 6.45) is 0. The molecule has 0 amide bonds. The van der Waals surface area contributed by atoms with Gasteiger partial charge in [-0.15, -0.1) is 5.92 Å². The van der Waals surface area contributed by atoms with Crippen LogP contribution in [0.5, 0.6) is 5.75 Å². The van der Waals surface area contributed by atoms with Gasteiger partial charge in [-0.25, -0.2) is 0 Å². The molecule has 7 aromatic carbocycles. The Morgan fingerprint density at radius 3 is 0.852 bits per heavy atom. The minimum Gasteiger partial charge on any atom is -0.0622 e. The van der Waals surface area contributed by atoms with Crippen LogP contribution in [0.4, 0.5) is 0 Å². The van der Waals surface area contributed by atoms with Crippen LogP contribution in [0.15, 0.2) is 206 Å². The molecule has 0 N–H and O–H groups in total. The van der Waals surface area contributed by atoms with E-state index in [9.17, 15) is 0 Å². The summed E-state index contributed by atoms with van der Waals surface area (Å²) in [7, 11) is 0.761. The summed E-state index contributed by atoms with van der Waals surface area (Å²) in [5.41, 5.74) is 1.02. The molecular formula is C47H40Br2O2P2W. The van der Waals surface area contributed by atoms with Gasteiger partial charge in [0, 0.05) is 5.56 Å². The average molecular weight is 1040 g/mol. The summed E-state index contributed by atoms with van der Waals surface area (Å²) in [5.74, 6) is 6.65. The summed E-state index contributed by atoms with van der Waals surface area (Å²) in [4.78, 5) is 0. The molecule has 0 saturated heterocycles. The Labute approximate surface area is 345 Å². The Kier molecular flexibility index (Phi) is 22.8. The molecule has 0 heterocycles. The van der Waals surface area contributed by atoms with Crippen molar-refractivity contribution in [3.63, 3.8) is 0 Å². The summed E-state index contributed by atoms with van der Waals surface area (Å²) < 4.78 is 12.5. The van der Waals surface area contributed by atoms with Crippen LogP contribution in [0.25, 0.3) is 0 Å². The van der Waals surface area contributed by atoms with Gasteiger partial charge in [0.25, 0.3) is 0 Å². The minimum atomic E-state index is -0.446. The van der Waals surface area contributed by atoms with Crippen LogP contribution in [-0.2, 0) is 19.1 Å². The molecule has 54 heavy (non-hydrogen) atoms. The Bertz CT molecular complexity index is 1760. The molecule has 0 aliphatic heterocycles. The smallest absolute Gasteiger partial charge is 0.0134 e. The SMILES string of the molecule is CC#Cc1ccc(OC)cc1.[Br][W][Br].[C-]#[O+].c1ccc(P(c2ccccc2)c2ccccc2)cc1.c1ccc(P(c2ccccc2)c2ccccc2)cc1. The summed E-state index contributed by atoms with van der Waals surface area (Å²) in [6, 6.07) is 72.3. The Morgan fingerprint density at radius 1 is 0.444 bits per heavy atom. The first kappa shape index (κ1) is 44.5. The van der Waals surface area contributed by atoms with E-state index in [4.69, 9.17) is 9.39 Å². The monoisotopic (exact) mass is 1040 g/mol. The summed E-state index contributed by atoms with van der Waals surface area (Å²) in [6.45, 7) is 6.32. The van der Waals surface area contributed by atoms with E-state index in [1.54, 1.807) is 7.11 Å². The number of rotatable bonds is 7. The first-order valence-corrected chi connectivity index (χ1v) is 32.3. The van der Waals surface area contributed by atoms with Crippen molar-refractivity contribution in [3.05, 3.63) is 218 Å². The normalized spacial score (nSPS) is 9.48. The van der Waals surface area contributed by atoms with Crippen molar-refractivity contribution < 1.29 is 23.8 Å². The first-order valence-electron chi connectivity index (χ1n) is 16.8. The van der Waals surface area contributed by atoms with Crippen molar-refractivity contribution in [2.45, 2.75) is 6.92 Å². The maximum absolute atomic E-state index is 7.50. The molecule has 0 bridgehead atoms. The average Bonchev–Trinajstić information content (AvgIpc) is 3.25. The largest absolute Gasteiger partial charge is 0.0622 e. The molecule has 0 aliphatic rings. The van der Waals surface area contributed by atoms with Crippen molar-refractivity contribution in [1.82, 2.24) is 0 Å². The standard InChI is InChI=1S/2C18H15P.C10H10O.CO.2BrH.W/c2*1-4-10-16(11-5-1)19(17-12-6-2-7-13-17)18-14-8-3-9-15-18;1-3-4-9-5-7-10(11-2)8-6-9;1-2;;;/h2*1-15H;5-8H,1-2H3;;2*1H;/q;;;;;;+2/p-2. The molecule has 270 valence electrons. The fourth-order valence-corrected chi connectivity index (χ4v) is 9.79. The molecular weight excluding hydrogens is 1000 g/mol. The molecule has 0 radical (unpaired) electrons. The maximum atomic E-state index is 7.50. The van der Waals surface area contributed by atoms with Crippen molar-refractivity contribution in [1.29, 1.82) is 0 Å². The van der Waals surface area contributed by atoms with Gasteiger partial charge in [0.1, 0.15) is 5.75 Å². The van der Waals surface area contributed by atoms with E-state index >= 15 is 0 Å². The number of hydrogen-bond acceptors (Lipinski definition) is 1. The third kappa shape index (κ3) is 15.5. The molecule has 2 nitrogen and oxygen atoms in total. The van der Waals surface area contributed by atoms with E-state index in [-0.39, 0.29) is 14.5 Å². The fourth-order valence-electron chi connectivity index (χ4n) is 5.18. The molecule has 0 aromatic heterocycles. The second kappa shape index (κ2) is 27.7. The molecule has 7 heteroatoms. The number of halogens is 2. The quantitative estimate of drug-likeness (QED) is 0.0677. The van der Waals surface area contributed by atoms with E-state index in [1.165, 1.54) is 31.8 Å². The molecule has 7 aromatic rings. The van der Waals surface area contributed by atoms with E-state index < -0.39 is 15.8 Å². The van der Waals surface area contributed by atoms with Gasteiger partial charge < -0.3 is 4.74 Å². The van der Waals surface area contributed by atoms with Gasteiger partial charge >= 0.3 is 52.3 Å². The summed E-state index contributed by atoms with van der Waals surface area (Å²) >= 11 is 6.33. The Hall–Kier alpha value is -3.85. The van der Waals surface area contributed by atoms with Gasteiger partial charge in [-0.05, 0) is 78.9 Å². The molecule has 0 saturated carbocycles. The number of ether oxygens (including phenoxy) is 1. The third-order valence-electron chi connectivity index (χ3n) is 7.45. The van der Waals surface area contributed by atoms with Gasteiger partial charge in [-0.2, -0.15) is 0 Å². The first-order chi connectivity index (χ1) is 26.7. The second-order valence-corrected chi connectivity index (χ2v) is 28.1. The predicted molar refractivity (Wildman–Crippen MR) is 238 cm³/mol. The topological polar surface area (TPSA) is 29.1 Å². The maximum Gasteiger partial charge on any atom is -0.0134 e. The van der Waals surface area contributed by atoms with Crippen molar-refractivity contribution in [2.75, 3.05) is 7.11 Å². The minimum absolute atomic E-state index is 0.125. The zero-order chi connectivity index (χ0) is 38.6. The Morgan fingerprint density at radius 2 is 0.667 bits per heavy atom. The van der Waals surface area contributed by atoms with Crippen LogP contribution in [0, 0.1) is 18.5 Å². The van der Waals surface area contributed by atoms with E-state index in [2.05, 4.69) is 227 Å². The van der Waals surface area contributed by atoms with Crippen molar-refractivity contribution in [3.8, 4) is 17.6 Å². The van der Waals surface area contributed by atoms with Crippen LogP contribution in [0.2, 0.25) is 0 Å². The van der Waals surface area contributed by atoms with Gasteiger partial charge in [-0.3, -0.25) is 0 Å². The number of benzene rings is 7. The van der Waals surface area contributed by atoms with E-state index in [1.807, 2.05) is 31.2 Å². The molecule has 0 aliphatic carbocycles. The van der Waals surface area contributed by atoms with Crippen LogP contribution in [0.3, 0.4) is 0 Å². The molecule has 0 unspecified atom stereocenters. The van der Waals surface area contributed by atoms with Crippen LogP contribution in [-0.4, -0.2) is 7.11 Å². The zero-order valence-electron chi connectivity index (χ0n) is 30.0. The number of hydrogen-bond donors (Lipinski definition) is 0. The second-order valence-electron chi connectivity index (χ2n) is 10.8. The molecule has 0 atom stereocenters. The molecule has 7 rings (SSSR count). The third-order valence-corrected chi connectivity index (χ3v) is 12.3. The van der Waals surface area contributed by atoms with Crippen LogP contribution in [0.1, 0.15) is 12.5 Å². The van der Waals surface area contributed by atoms with Gasteiger partial charge in [-0.1, -0.05) is 188 Å². The van der Waals surface area contributed by atoms with E-state index in [0.29, 0.717) is 0 Å². The zero-order valence-corrected chi connectivity index (χ0v) is 37.9. The van der Waals surface area contributed by atoms with Gasteiger partial charge in [0.15, 0.2) is 0 Å². The van der Waals surface area contributed by atoms with Gasteiger partial charge in [0.05, 0.1) is 7.11 Å².